The lowest BCUT2D eigenvalue weighted by molar-refractivity contribution is -0.0830. The van der Waals surface area contributed by atoms with E-state index in [0.29, 0.717) is 23.8 Å². The molecule has 2 amide bonds. The van der Waals surface area contributed by atoms with Gasteiger partial charge < -0.3 is 15.0 Å². The van der Waals surface area contributed by atoms with Gasteiger partial charge in [0.25, 0.3) is 0 Å². The second-order valence-corrected chi connectivity index (χ2v) is 7.44. The van der Waals surface area contributed by atoms with Crippen LogP contribution in [0.25, 0.3) is 11.1 Å². The summed E-state index contributed by atoms with van der Waals surface area (Å²) in [6.07, 6.45) is 6.05. The number of piperidine rings is 1. The molecule has 27 heavy (non-hydrogen) atoms. The lowest BCUT2D eigenvalue weighted by Gasteiger charge is -2.58. The fraction of sp³-hybridized carbons (Fsp3) is 0.429. The Kier molecular flexibility index (Phi) is 4.83. The zero-order valence-corrected chi connectivity index (χ0v) is 15.6. The molecule has 2 heterocycles. The number of aryl methyl sites for hydroxylation is 1. The van der Waals surface area contributed by atoms with Gasteiger partial charge in [-0.05, 0) is 55.5 Å². The molecular weight excluding hydrogens is 345 g/mol. The number of hydrogen-bond donors (Lipinski definition) is 1. The predicted molar refractivity (Wildman–Crippen MR) is 102 cm³/mol. The minimum atomic E-state index is -0.376. The molecule has 2 atom stereocenters. The van der Waals surface area contributed by atoms with Gasteiger partial charge in [-0.3, -0.25) is 4.98 Å². The number of likely N-dealkylation sites (tertiary alicyclic amines) is 1. The summed E-state index contributed by atoms with van der Waals surface area (Å²) < 4.78 is 18.9. The van der Waals surface area contributed by atoms with Gasteiger partial charge in [-0.1, -0.05) is 6.07 Å². The molecule has 5 nitrogen and oxygen atoms in total. The lowest BCUT2D eigenvalue weighted by atomic mass is 9.70. The monoisotopic (exact) mass is 369 g/mol. The number of rotatable bonds is 4. The van der Waals surface area contributed by atoms with E-state index in [1.54, 1.807) is 13.3 Å². The van der Waals surface area contributed by atoms with Crippen LogP contribution in [0.1, 0.15) is 24.8 Å². The third-order valence-electron chi connectivity index (χ3n) is 5.80. The number of carbonyl (C=O) groups is 1. The van der Waals surface area contributed by atoms with Crippen molar-refractivity contribution < 1.29 is 13.9 Å². The number of nitrogens with one attached hydrogen (secondary N) is 1. The highest BCUT2D eigenvalue weighted by molar-refractivity contribution is 5.91. The standard InChI is InChI=1S/C21H24FN3O2/c1-13-6-7-16(9-17(13)14-8-15(22)11-23-10-14)24-21(26)25-19-4-3-5-20(25)18(19)12-27-2/h6-11,18-20H,3-5,12H2,1-2H3,(H,24,26). The first-order valence-corrected chi connectivity index (χ1v) is 9.38. The number of carbonyl (C=O) groups excluding carboxylic acids is 1. The first-order chi connectivity index (χ1) is 13.1. The summed E-state index contributed by atoms with van der Waals surface area (Å²) in [7, 11) is 1.72. The number of aromatic nitrogens is 1. The van der Waals surface area contributed by atoms with Crippen LogP contribution < -0.4 is 5.32 Å². The zero-order valence-electron chi connectivity index (χ0n) is 15.6. The third kappa shape index (κ3) is 3.30. The van der Waals surface area contributed by atoms with Crippen LogP contribution >= 0.6 is 0 Å². The number of nitrogens with zero attached hydrogens (tertiary/aromatic N) is 2. The Labute approximate surface area is 158 Å². The van der Waals surface area contributed by atoms with Crippen molar-refractivity contribution in [1.29, 1.82) is 0 Å². The first kappa shape index (κ1) is 17.9. The number of halogens is 1. The van der Waals surface area contributed by atoms with Crippen LogP contribution in [0.5, 0.6) is 0 Å². The number of methoxy groups -OCH3 is 1. The predicted octanol–water partition coefficient (Wildman–Crippen LogP) is 4.23. The van der Waals surface area contributed by atoms with Crippen molar-refractivity contribution in [2.24, 2.45) is 5.92 Å². The SMILES string of the molecule is COCC1C2CCCC1N2C(=O)Nc1ccc(C)c(-c2cncc(F)c2)c1. The molecule has 142 valence electrons. The number of ether oxygens (including phenoxy) is 1. The van der Waals surface area contributed by atoms with E-state index in [9.17, 15) is 9.18 Å². The van der Waals surface area contributed by atoms with Crippen LogP contribution in [0.3, 0.4) is 0 Å². The quantitative estimate of drug-likeness (QED) is 0.878. The van der Waals surface area contributed by atoms with E-state index in [4.69, 9.17) is 4.74 Å². The fourth-order valence-corrected chi connectivity index (χ4v) is 4.53. The Bertz CT molecular complexity index is 845. The zero-order chi connectivity index (χ0) is 19.0. The van der Waals surface area contributed by atoms with Crippen molar-refractivity contribution in [2.45, 2.75) is 38.3 Å². The van der Waals surface area contributed by atoms with Gasteiger partial charge in [-0.25, -0.2) is 9.18 Å². The van der Waals surface area contributed by atoms with Gasteiger partial charge in [0.1, 0.15) is 5.82 Å². The van der Waals surface area contributed by atoms with E-state index < -0.39 is 0 Å². The minimum absolute atomic E-state index is 0.0655. The summed E-state index contributed by atoms with van der Waals surface area (Å²) in [6, 6.07) is 7.61. The van der Waals surface area contributed by atoms with Crippen molar-refractivity contribution in [3.8, 4) is 11.1 Å². The minimum Gasteiger partial charge on any atom is -0.384 e. The third-order valence-corrected chi connectivity index (χ3v) is 5.80. The summed E-state index contributed by atoms with van der Waals surface area (Å²) >= 11 is 0. The summed E-state index contributed by atoms with van der Waals surface area (Å²) in [5.74, 6) is 0.0698. The molecule has 0 radical (unpaired) electrons. The molecule has 1 aliphatic carbocycles. The van der Waals surface area contributed by atoms with E-state index in [-0.39, 0.29) is 23.9 Å². The molecule has 4 rings (SSSR count). The van der Waals surface area contributed by atoms with Crippen molar-refractivity contribution in [2.75, 3.05) is 19.0 Å². The highest BCUT2D eigenvalue weighted by Crippen LogP contribution is 2.43. The van der Waals surface area contributed by atoms with E-state index >= 15 is 0 Å². The van der Waals surface area contributed by atoms with Crippen molar-refractivity contribution >= 4 is 11.7 Å². The van der Waals surface area contributed by atoms with Gasteiger partial charge in [-0.2, -0.15) is 0 Å². The van der Waals surface area contributed by atoms with Crippen molar-refractivity contribution in [3.63, 3.8) is 0 Å². The molecule has 2 unspecified atom stereocenters. The fourth-order valence-electron chi connectivity index (χ4n) is 4.53. The largest absolute Gasteiger partial charge is 0.384 e. The number of pyridine rings is 1. The topological polar surface area (TPSA) is 54.5 Å². The average molecular weight is 369 g/mol. The second kappa shape index (κ2) is 7.27. The van der Waals surface area contributed by atoms with E-state index in [2.05, 4.69) is 10.3 Å². The number of amides is 2. The van der Waals surface area contributed by atoms with Gasteiger partial charge in [0.05, 0.1) is 12.8 Å². The Balaban J connectivity index is 1.52. The molecule has 1 saturated carbocycles. The maximum absolute atomic E-state index is 13.5. The average Bonchev–Trinajstić information content (AvgIpc) is 2.67. The number of anilines is 1. The normalized spacial score (nSPS) is 23.7. The molecule has 2 bridgehead atoms. The molecule has 0 spiro atoms. The van der Waals surface area contributed by atoms with Crippen LogP contribution in [-0.4, -0.2) is 41.7 Å². The maximum Gasteiger partial charge on any atom is 0.322 e. The highest BCUT2D eigenvalue weighted by atomic mass is 19.1. The van der Waals surface area contributed by atoms with Crippen molar-refractivity contribution in [1.82, 2.24) is 9.88 Å². The number of benzene rings is 1. The molecule has 6 heteroatoms. The van der Waals surface area contributed by atoms with Gasteiger partial charge >= 0.3 is 6.03 Å². The Hall–Kier alpha value is -2.47. The molecule has 1 aliphatic heterocycles. The van der Waals surface area contributed by atoms with E-state index in [1.807, 2.05) is 30.0 Å². The number of hydrogen-bond acceptors (Lipinski definition) is 3. The summed E-state index contributed by atoms with van der Waals surface area (Å²) in [4.78, 5) is 18.7. The Morgan fingerprint density at radius 1 is 1.30 bits per heavy atom. The van der Waals surface area contributed by atoms with E-state index in [0.717, 1.165) is 24.0 Å². The van der Waals surface area contributed by atoms with Crippen LogP contribution in [0.15, 0.2) is 36.7 Å². The summed E-state index contributed by atoms with van der Waals surface area (Å²) in [6.45, 7) is 2.67. The van der Waals surface area contributed by atoms with E-state index in [1.165, 1.54) is 18.7 Å². The van der Waals surface area contributed by atoms with Gasteiger partial charge in [0.15, 0.2) is 0 Å². The first-order valence-electron chi connectivity index (χ1n) is 9.38. The Morgan fingerprint density at radius 3 is 2.78 bits per heavy atom. The highest BCUT2D eigenvalue weighted by Gasteiger charge is 2.52. The number of fused-ring (bicyclic) bond motifs is 2. The molecule has 2 aromatic rings. The second-order valence-electron chi connectivity index (χ2n) is 7.44. The van der Waals surface area contributed by atoms with Gasteiger partial charge in [-0.15, -0.1) is 0 Å². The summed E-state index contributed by atoms with van der Waals surface area (Å²) in [5, 5.41) is 3.02. The smallest absolute Gasteiger partial charge is 0.322 e. The maximum atomic E-state index is 13.5. The van der Waals surface area contributed by atoms with Gasteiger partial charge in [0.2, 0.25) is 0 Å². The lowest BCUT2D eigenvalue weighted by Crippen LogP contribution is -2.69. The van der Waals surface area contributed by atoms with Crippen LogP contribution in [-0.2, 0) is 4.74 Å². The molecule has 1 saturated heterocycles. The molecule has 1 N–H and O–H groups in total. The Morgan fingerprint density at radius 2 is 2.07 bits per heavy atom. The van der Waals surface area contributed by atoms with Gasteiger partial charge in [0, 0.05) is 42.6 Å². The van der Waals surface area contributed by atoms with Crippen molar-refractivity contribution in [3.05, 3.63) is 48.0 Å². The molecular formula is C21H24FN3O2. The molecule has 2 aliphatic rings. The number of urea groups is 1. The van der Waals surface area contributed by atoms with Crippen LogP contribution in [0, 0.1) is 18.7 Å². The molecule has 1 aromatic carbocycles. The summed E-state index contributed by atoms with van der Waals surface area (Å²) in [5.41, 5.74) is 3.27. The van der Waals surface area contributed by atoms with Crippen LogP contribution in [0.2, 0.25) is 0 Å². The molecule has 2 fully saturated rings. The van der Waals surface area contributed by atoms with Crippen LogP contribution in [0.4, 0.5) is 14.9 Å². The molecule has 1 aromatic heterocycles.